The van der Waals surface area contributed by atoms with E-state index in [2.05, 4.69) is 98.7 Å². The summed E-state index contributed by atoms with van der Waals surface area (Å²) in [5.41, 5.74) is 12.0. The fraction of sp³-hybridized carbons (Fsp3) is 0.500. The van der Waals surface area contributed by atoms with Crippen LogP contribution in [0.3, 0.4) is 0 Å². The van der Waals surface area contributed by atoms with Crippen molar-refractivity contribution in [1.29, 1.82) is 0 Å². The number of hydrogen-bond acceptors (Lipinski definition) is 1. The van der Waals surface area contributed by atoms with Gasteiger partial charge in [-0.15, -0.1) is 0 Å². The molecule has 3 aromatic carbocycles. The second kappa shape index (κ2) is 13.3. The zero-order valence-corrected chi connectivity index (χ0v) is 26.6. The zero-order valence-electron chi connectivity index (χ0n) is 25.7. The highest BCUT2D eigenvalue weighted by Gasteiger charge is 2.36. The van der Waals surface area contributed by atoms with E-state index in [1.165, 1.54) is 50.1 Å². The highest BCUT2D eigenvalue weighted by molar-refractivity contribution is 7.85. The lowest BCUT2D eigenvalue weighted by molar-refractivity contribution is 0.592. The molecule has 0 amide bonds. The second-order valence-corrected chi connectivity index (χ2v) is 13.2. The van der Waals surface area contributed by atoms with Crippen molar-refractivity contribution in [2.24, 2.45) is 0 Å². The Balaban J connectivity index is 2.61. The molecule has 0 heterocycles. The van der Waals surface area contributed by atoms with Gasteiger partial charge >= 0.3 is 0 Å². The van der Waals surface area contributed by atoms with Crippen molar-refractivity contribution in [3.05, 3.63) is 86.5 Å². The molecule has 38 heavy (non-hydrogen) atoms. The topological polar surface area (TPSA) is 17.1 Å². The normalized spacial score (nSPS) is 11.8. The monoisotopic (exact) mass is 530 g/mol. The van der Waals surface area contributed by atoms with E-state index in [9.17, 15) is 0 Å². The third-order valence-electron chi connectivity index (χ3n) is 8.65. The van der Waals surface area contributed by atoms with Gasteiger partial charge in [0.15, 0.2) is 7.14 Å². The van der Waals surface area contributed by atoms with Crippen LogP contribution in [0.2, 0.25) is 0 Å². The van der Waals surface area contributed by atoms with Gasteiger partial charge < -0.3 is 4.57 Å². The molecule has 0 radical (unpaired) electrons. The molecule has 0 aromatic heterocycles. The van der Waals surface area contributed by atoms with Gasteiger partial charge in [0, 0.05) is 15.9 Å². The summed E-state index contributed by atoms with van der Waals surface area (Å²) >= 11 is 0. The van der Waals surface area contributed by atoms with E-state index in [-0.39, 0.29) is 0 Å². The fourth-order valence-corrected chi connectivity index (χ4v) is 9.95. The Hall–Kier alpha value is -2.11. The molecule has 0 aliphatic rings. The minimum atomic E-state index is -3.15. The number of aryl methyl sites for hydroxylation is 9. The van der Waals surface area contributed by atoms with Crippen molar-refractivity contribution >= 4 is 23.1 Å². The van der Waals surface area contributed by atoms with Gasteiger partial charge in [0.2, 0.25) is 0 Å². The van der Waals surface area contributed by atoms with Crippen LogP contribution in [-0.4, -0.2) is 0 Å². The van der Waals surface area contributed by atoms with E-state index in [1.54, 1.807) is 0 Å². The van der Waals surface area contributed by atoms with Gasteiger partial charge in [-0.3, -0.25) is 0 Å². The van der Waals surface area contributed by atoms with Crippen LogP contribution in [-0.2, 0) is 62.4 Å². The molecule has 0 atom stereocenters. The summed E-state index contributed by atoms with van der Waals surface area (Å²) < 4.78 is 16.4. The van der Waals surface area contributed by atoms with E-state index in [0.29, 0.717) is 0 Å². The zero-order chi connectivity index (χ0) is 28.0. The molecule has 0 unspecified atom stereocenters. The molecule has 206 valence electrons. The first-order valence-corrected chi connectivity index (χ1v) is 17.1. The molecule has 0 aliphatic carbocycles. The first-order valence-electron chi connectivity index (χ1n) is 15.4. The summed E-state index contributed by atoms with van der Waals surface area (Å²) in [6.07, 6.45) is 8.59. The standard InChI is InChI=1S/C36H51OP/c1-10-25-19-31(16-7)34(22-28(25)13-4)38(37,35-23-29(14-5)26(11-2)20-32(35)17-8)36-24-30(15-6)27(12-3)21-33(36)18-9/h19-24H,10-18H2,1-9H3. The number of rotatable bonds is 12. The predicted molar refractivity (Wildman–Crippen MR) is 170 cm³/mol. The maximum absolute atomic E-state index is 16.4. The Morgan fingerprint density at radius 2 is 0.526 bits per heavy atom. The summed E-state index contributed by atoms with van der Waals surface area (Å²) in [7, 11) is -3.15. The SMILES string of the molecule is CCc1cc(CC)c(P(=O)(c2cc(CC)c(CC)cc2CC)c2cc(CC)c(CC)cc2CC)cc1CC. The van der Waals surface area contributed by atoms with Crippen molar-refractivity contribution in [2.75, 3.05) is 0 Å². The molecule has 2 heteroatoms. The van der Waals surface area contributed by atoms with Crippen molar-refractivity contribution in [3.8, 4) is 0 Å². The van der Waals surface area contributed by atoms with Gasteiger partial charge in [0.1, 0.15) is 0 Å². The van der Waals surface area contributed by atoms with E-state index in [1.807, 2.05) is 0 Å². The molecular weight excluding hydrogens is 479 g/mol. The Kier molecular flexibility index (Phi) is 10.7. The van der Waals surface area contributed by atoms with Crippen LogP contribution >= 0.6 is 7.14 Å². The van der Waals surface area contributed by atoms with Crippen LogP contribution in [0.1, 0.15) is 112 Å². The Bertz CT molecular complexity index is 1150. The smallest absolute Gasteiger partial charge is 0.171 e. The molecule has 0 spiro atoms. The average molecular weight is 531 g/mol. The molecule has 0 saturated carbocycles. The average Bonchev–Trinajstić information content (AvgIpc) is 2.98. The van der Waals surface area contributed by atoms with Crippen molar-refractivity contribution < 1.29 is 4.57 Å². The lowest BCUT2D eigenvalue weighted by Gasteiger charge is -2.30. The predicted octanol–water partition coefficient (Wildman–Crippen LogP) is 8.39. The quantitative estimate of drug-likeness (QED) is 0.215. The Morgan fingerprint density at radius 1 is 0.342 bits per heavy atom. The summed E-state index contributed by atoms with van der Waals surface area (Å²) in [6, 6.07) is 14.2. The first-order chi connectivity index (χ1) is 18.3. The summed E-state index contributed by atoms with van der Waals surface area (Å²) in [6.45, 7) is 20.1. The number of hydrogen-bond donors (Lipinski definition) is 0. The highest BCUT2D eigenvalue weighted by Crippen LogP contribution is 2.47. The minimum Gasteiger partial charge on any atom is -0.309 e. The highest BCUT2D eigenvalue weighted by atomic mass is 31.2. The third-order valence-corrected chi connectivity index (χ3v) is 11.9. The van der Waals surface area contributed by atoms with Crippen molar-refractivity contribution in [1.82, 2.24) is 0 Å². The second-order valence-electron chi connectivity index (χ2n) is 10.5. The number of benzene rings is 3. The molecule has 0 N–H and O–H groups in total. The van der Waals surface area contributed by atoms with Crippen molar-refractivity contribution in [2.45, 2.75) is 120 Å². The Morgan fingerprint density at radius 3 is 0.711 bits per heavy atom. The van der Waals surface area contributed by atoms with Gasteiger partial charge in [-0.05, 0) is 126 Å². The first kappa shape index (κ1) is 30.4. The molecule has 0 bridgehead atoms. The van der Waals surface area contributed by atoms with Gasteiger partial charge in [0.05, 0.1) is 0 Å². The van der Waals surface area contributed by atoms with Crippen LogP contribution in [0.25, 0.3) is 0 Å². The molecular formula is C36H51OP. The largest absolute Gasteiger partial charge is 0.309 e. The molecule has 0 saturated heterocycles. The Labute approximate surface area is 233 Å². The summed E-state index contributed by atoms with van der Waals surface area (Å²) in [5, 5.41) is 3.24. The molecule has 0 fully saturated rings. The fourth-order valence-electron chi connectivity index (χ4n) is 6.28. The maximum Gasteiger partial charge on any atom is 0.171 e. The van der Waals surface area contributed by atoms with Gasteiger partial charge in [0.25, 0.3) is 0 Å². The van der Waals surface area contributed by atoms with Crippen LogP contribution in [0.15, 0.2) is 36.4 Å². The van der Waals surface area contributed by atoms with E-state index < -0.39 is 7.14 Å². The van der Waals surface area contributed by atoms with E-state index in [0.717, 1.165) is 73.7 Å². The van der Waals surface area contributed by atoms with Crippen LogP contribution in [0.4, 0.5) is 0 Å². The van der Waals surface area contributed by atoms with Crippen LogP contribution in [0, 0.1) is 0 Å². The van der Waals surface area contributed by atoms with Gasteiger partial charge in [-0.25, -0.2) is 0 Å². The maximum atomic E-state index is 16.4. The van der Waals surface area contributed by atoms with Crippen LogP contribution < -0.4 is 15.9 Å². The molecule has 0 aliphatic heterocycles. The molecule has 3 aromatic rings. The lowest BCUT2D eigenvalue weighted by Crippen LogP contribution is -2.33. The van der Waals surface area contributed by atoms with E-state index in [4.69, 9.17) is 0 Å². The minimum absolute atomic E-state index is 0.889. The van der Waals surface area contributed by atoms with Gasteiger partial charge in [-0.1, -0.05) is 80.5 Å². The van der Waals surface area contributed by atoms with Crippen molar-refractivity contribution in [3.63, 3.8) is 0 Å². The van der Waals surface area contributed by atoms with E-state index >= 15 is 4.57 Å². The third kappa shape index (κ3) is 5.47. The van der Waals surface area contributed by atoms with Gasteiger partial charge in [-0.2, -0.15) is 0 Å². The molecule has 3 rings (SSSR count). The molecule has 1 nitrogen and oxygen atoms in total. The van der Waals surface area contributed by atoms with Crippen LogP contribution in [0.5, 0.6) is 0 Å². The summed E-state index contributed by atoms with van der Waals surface area (Å²) in [4.78, 5) is 0. The lowest BCUT2D eigenvalue weighted by atomic mass is 9.98. The summed E-state index contributed by atoms with van der Waals surface area (Å²) in [5.74, 6) is 0.